The van der Waals surface area contributed by atoms with E-state index in [0.29, 0.717) is 15.8 Å². The molecule has 0 unspecified atom stereocenters. The SMILES string of the molecule is Cc1ccc(/C=N\Nc2ccc(Cl)c(Cl)c2)o1. The van der Waals surface area contributed by atoms with Crippen LogP contribution < -0.4 is 5.43 Å². The second-order valence-electron chi connectivity index (χ2n) is 3.45. The van der Waals surface area contributed by atoms with Gasteiger partial charge in [0.15, 0.2) is 0 Å². The molecule has 0 bridgehead atoms. The molecule has 2 aromatic rings. The van der Waals surface area contributed by atoms with Crippen LogP contribution in [-0.2, 0) is 0 Å². The van der Waals surface area contributed by atoms with E-state index in [4.69, 9.17) is 27.6 Å². The zero-order chi connectivity index (χ0) is 12.3. The fourth-order valence-electron chi connectivity index (χ4n) is 1.26. The number of halogens is 2. The molecule has 0 aliphatic heterocycles. The lowest BCUT2D eigenvalue weighted by molar-refractivity contribution is 0.528. The smallest absolute Gasteiger partial charge is 0.147 e. The normalized spacial score (nSPS) is 11.0. The van der Waals surface area contributed by atoms with Crippen molar-refractivity contribution in [3.05, 3.63) is 51.9 Å². The number of rotatable bonds is 3. The maximum absolute atomic E-state index is 5.87. The van der Waals surface area contributed by atoms with Gasteiger partial charge in [0, 0.05) is 0 Å². The fraction of sp³-hybridized carbons (Fsp3) is 0.0833. The molecule has 2 rings (SSSR count). The highest BCUT2D eigenvalue weighted by Crippen LogP contribution is 2.24. The van der Waals surface area contributed by atoms with Gasteiger partial charge in [0.2, 0.25) is 0 Å². The Kier molecular flexibility index (Phi) is 3.71. The third-order valence-corrected chi connectivity index (χ3v) is 2.81. The second kappa shape index (κ2) is 5.25. The van der Waals surface area contributed by atoms with Crippen LogP contribution in [0.15, 0.2) is 39.9 Å². The molecule has 88 valence electrons. The Morgan fingerprint density at radius 2 is 2.00 bits per heavy atom. The Hall–Kier alpha value is -1.45. The molecular weight excluding hydrogens is 259 g/mol. The quantitative estimate of drug-likeness (QED) is 0.664. The summed E-state index contributed by atoms with van der Waals surface area (Å²) in [7, 11) is 0. The summed E-state index contributed by atoms with van der Waals surface area (Å²) < 4.78 is 5.33. The van der Waals surface area contributed by atoms with Gasteiger partial charge in [-0.2, -0.15) is 5.10 Å². The Labute approximate surface area is 109 Å². The molecule has 0 aliphatic rings. The highest BCUT2D eigenvalue weighted by molar-refractivity contribution is 6.42. The van der Waals surface area contributed by atoms with Crippen LogP contribution in [0.2, 0.25) is 10.0 Å². The Balaban J connectivity index is 2.02. The van der Waals surface area contributed by atoms with Gasteiger partial charge in [-0.1, -0.05) is 23.2 Å². The third-order valence-electron chi connectivity index (χ3n) is 2.07. The number of aryl methyl sites for hydroxylation is 1. The first-order valence-corrected chi connectivity index (χ1v) is 5.71. The van der Waals surface area contributed by atoms with Crippen molar-refractivity contribution < 1.29 is 4.42 Å². The van der Waals surface area contributed by atoms with E-state index in [9.17, 15) is 0 Å². The molecule has 1 N–H and O–H groups in total. The lowest BCUT2D eigenvalue weighted by Gasteiger charge is -2.01. The van der Waals surface area contributed by atoms with Gasteiger partial charge in [0.1, 0.15) is 11.5 Å². The van der Waals surface area contributed by atoms with E-state index in [-0.39, 0.29) is 0 Å². The van der Waals surface area contributed by atoms with Crippen LogP contribution in [0.4, 0.5) is 5.69 Å². The van der Waals surface area contributed by atoms with Gasteiger partial charge in [0.25, 0.3) is 0 Å². The van der Waals surface area contributed by atoms with Gasteiger partial charge in [-0.05, 0) is 37.3 Å². The zero-order valence-corrected chi connectivity index (χ0v) is 10.6. The number of benzene rings is 1. The van der Waals surface area contributed by atoms with Crippen LogP contribution in [0.5, 0.6) is 0 Å². The van der Waals surface area contributed by atoms with Crippen molar-refractivity contribution in [2.24, 2.45) is 5.10 Å². The van der Waals surface area contributed by atoms with Gasteiger partial charge in [-0.3, -0.25) is 5.43 Å². The van der Waals surface area contributed by atoms with Crippen molar-refractivity contribution in [2.45, 2.75) is 6.92 Å². The predicted octanol–water partition coefficient (Wildman–Crippen LogP) is 4.34. The second-order valence-corrected chi connectivity index (χ2v) is 4.26. The highest BCUT2D eigenvalue weighted by atomic mass is 35.5. The van der Waals surface area contributed by atoms with Crippen LogP contribution in [-0.4, -0.2) is 6.21 Å². The summed E-state index contributed by atoms with van der Waals surface area (Å²) in [5.74, 6) is 1.54. The first kappa shape index (κ1) is 12.0. The highest BCUT2D eigenvalue weighted by Gasteiger charge is 1.98. The molecule has 1 heterocycles. The van der Waals surface area contributed by atoms with Crippen molar-refractivity contribution in [3.8, 4) is 0 Å². The van der Waals surface area contributed by atoms with E-state index in [2.05, 4.69) is 10.5 Å². The summed E-state index contributed by atoms with van der Waals surface area (Å²) in [5.41, 5.74) is 3.60. The number of furan rings is 1. The largest absolute Gasteiger partial charge is 0.460 e. The first-order chi connectivity index (χ1) is 8.15. The van der Waals surface area contributed by atoms with Crippen molar-refractivity contribution >= 4 is 35.1 Å². The average Bonchev–Trinajstić information content (AvgIpc) is 2.70. The molecule has 0 radical (unpaired) electrons. The fourth-order valence-corrected chi connectivity index (χ4v) is 1.56. The number of hydrogen-bond donors (Lipinski definition) is 1. The van der Waals surface area contributed by atoms with Crippen molar-refractivity contribution in [1.82, 2.24) is 0 Å². The Morgan fingerprint density at radius 3 is 2.65 bits per heavy atom. The summed E-state index contributed by atoms with van der Waals surface area (Å²) in [6, 6.07) is 8.92. The Morgan fingerprint density at radius 1 is 1.18 bits per heavy atom. The molecule has 0 saturated heterocycles. The van der Waals surface area contributed by atoms with E-state index < -0.39 is 0 Å². The average molecular weight is 269 g/mol. The number of hydrogen-bond acceptors (Lipinski definition) is 3. The van der Waals surface area contributed by atoms with E-state index >= 15 is 0 Å². The molecule has 1 aromatic carbocycles. The van der Waals surface area contributed by atoms with Crippen LogP contribution in [0.25, 0.3) is 0 Å². The van der Waals surface area contributed by atoms with Crippen LogP contribution in [0.3, 0.4) is 0 Å². The minimum absolute atomic E-state index is 0.487. The third kappa shape index (κ3) is 3.25. The summed E-state index contributed by atoms with van der Waals surface area (Å²) in [4.78, 5) is 0. The summed E-state index contributed by atoms with van der Waals surface area (Å²) in [6.07, 6.45) is 1.59. The standard InChI is InChI=1S/C12H10Cl2N2O/c1-8-2-4-10(17-8)7-15-16-9-3-5-11(13)12(14)6-9/h2-7,16H,1H3/b15-7-. The Bertz CT molecular complexity index is 549. The van der Waals surface area contributed by atoms with E-state index in [1.165, 1.54) is 0 Å². The van der Waals surface area contributed by atoms with Gasteiger partial charge >= 0.3 is 0 Å². The molecule has 0 aliphatic carbocycles. The zero-order valence-electron chi connectivity index (χ0n) is 9.08. The molecular formula is C12H10Cl2N2O. The first-order valence-electron chi connectivity index (χ1n) is 4.96. The molecule has 1 aromatic heterocycles. The summed E-state index contributed by atoms with van der Waals surface area (Å²) >= 11 is 11.7. The van der Waals surface area contributed by atoms with Crippen LogP contribution >= 0.6 is 23.2 Å². The number of hydrazone groups is 1. The lowest BCUT2D eigenvalue weighted by atomic mass is 10.3. The van der Waals surface area contributed by atoms with Gasteiger partial charge in [0.05, 0.1) is 21.9 Å². The molecule has 0 fully saturated rings. The van der Waals surface area contributed by atoms with E-state index in [0.717, 1.165) is 11.4 Å². The summed E-state index contributed by atoms with van der Waals surface area (Å²) in [6.45, 7) is 1.88. The molecule has 0 spiro atoms. The van der Waals surface area contributed by atoms with Gasteiger partial charge in [-0.15, -0.1) is 0 Å². The van der Waals surface area contributed by atoms with Crippen LogP contribution in [0.1, 0.15) is 11.5 Å². The number of nitrogens with zero attached hydrogens (tertiary/aromatic N) is 1. The maximum Gasteiger partial charge on any atom is 0.147 e. The van der Waals surface area contributed by atoms with E-state index in [1.807, 2.05) is 19.1 Å². The molecule has 17 heavy (non-hydrogen) atoms. The molecule has 0 amide bonds. The maximum atomic E-state index is 5.87. The molecule has 5 heteroatoms. The predicted molar refractivity (Wildman–Crippen MR) is 71.1 cm³/mol. The number of nitrogens with one attached hydrogen (secondary N) is 1. The van der Waals surface area contributed by atoms with Gasteiger partial charge in [-0.25, -0.2) is 0 Å². The lowest BCUT2D eigenvalue weighted by Crippen LogP contribution is -1.89. The molecule has 3 nitrogen and oxygen atoms in total. The molecule has 0 saturated carbocycles. The van der Waals surface area contributed by atoms with Crippen molar-refractivity contribution in [1.29, 1.82) is 0 Å². The number of anilines is 1. The van der Waals surface area contributed by atoms with Gasteiger partial charge < -0.3 is 4.42 Å². The van der Waals surface area contributed by atoms with Crippen molar-refractivity contribution in [2.75, 3.05) is 5.43 Å². The minimum Gasteiger partial charge on any atom is -0.460 e. The van der Waals surface area contributed by atoms with Crippen molar-refractivity contribution in [3.63, 3.8) is 0 Å². The summed E-state index contributed by atoms with van der Waals surface area (Å²) in [5, 5.41) is 5.03. The van der Waals surface area contributed by atoms with E-state index in [1.54, 1.807) is 24.4 Å². The minimum atomic E-state index is 0.487. The topological polar surface area (TPSA) is 37.5 Å². The monoisotopic (exact) mass is 268 g/mol. The molecule has 0 atom stereocenters. The van der Waals surface area contributed by atoms with Crippen LogP contribution in [0, 0.1) is 6.92 Å².